The molecule has 12 heteroatoms. The van der Waals surface area contributed by atoms with Crippen LogP contribution in [-0.4, -0.2) is 114 Å². The zero-order chi connectivity index (χ0) is 35.6. The highest BCUT2D eigenvalue weighted by Crippen LogP contribution is 2.48. The van der Waals surface area contributed by atoms with E-state index in [1.165, 1.54) is 14.0 Å². The number of esters is 1. The molecule has 0 bridgehead atoms. The van der Waals surface area contributed by atoms with E-state index < -0.39 is 77.5 Å². The molecular formula is C35H59NO10S. The first-order valence-electron chi connectivity index (χ1n) is 17.0. The topological polar surface area (TPSA) is 141 Å². The summed E-state index contributed by atoms with van der Waals surface area (Å²) < 4.78 is 31.4. The first-order chi connectivity index (χ1) is 21.8. The molecule has 0 saturated carbocycles. The Hall–Kier alpha value is -1.38. The summed E-state index contributed by atoms with van der Waals surface area (Å²) >= 11 is 1.05. The van der Waals surface area contributed by atoms with Gasteiger partial charge in [-0.3, -0.25) is 14.4 Å². The second-order valence-corrected chi connectivity index (χ2v) is 15.7. The molecule has 2 N–H and O–H groups in total. The summed E-state index contributed by atoms with van der Waals surface area (Å²) in [5, 5.41) is 24.8. The maximum Gasteiger partial charge on any atom is 0.311 e. The van der Waals surface area contributed by atoms with Crippen LogP contribution in [0.3, 0.4) is 0 Å². The summed E-state index contributed by atoms with van der Waals surface area (Å²) in [7, 11) is 5.32. The fourth-order valence-corrected chi connectivity index (χ4v) is 8.58. The third-order valence-corrected chi connectivity index (χ3v) is 11.6. The maximum atomic E-state index is 14.4. The number of methoxy groups -OCH3 is 1. The number of ketones is 1. The number of rotatable bonds is 6. The molecule has 0 aliphatic carbocycles. The highest BCUT2D eigenvalue weighted by atomic mass is 32.2. The van der Waals surface area contributed by atoms with Crippen LogP contribution in [0.25, 0.3) is 0 Å². The molecule has 270 valence electrons. The van der Waals surface area contributed by atoms with E-state index in [9.17, 15) is 24.6 Å². The fraction of sp³-hybridized carbons (Fsp3) is 0.857. The van der Waals surface area contributed by atoms with Gasteiger partial charge in [-0.25, -0.2) is 0 Å². The molecule has 3 fully saturated rings. The van der Waals surface area contributed by atoms with E-state index in [2.05, 4.69) is 0 Å². The number of hydrogen-bond donors (Lipinski definition) is 2. The van der Waals surface area contributed by atoms with Crippen molar-refractivity contribution in [1.29, 1.82) is 0 Å². The molecule has 0 aromatic heterocycles. The van der Waals surface area contributed by atoms with Crippen molar-refractivity contribution in [2.24, 2.45) is 29.6 Å². The number of hydrogen-bond acceptors (Lipinski definition) is 12. The van der Waals surface area contributed by atoms with Gasteiger partial charge >= 0.3 is 5.97 Å². The molecule has 0 spiro atoms. The molecule has 0 aromatic carbocycles. The smallest absolute Gasteiger partial charge is 0.311 e. The van der Waals surface area contributed by atoms with Crippen molar-refractivity contribution in [3.63, 3.8) is 0 Å². The Labute approximate surface area is 285 Å². The zero-order valence-corrected chi connectivity index (χ0v) is 31.2. The van der Waals surface area contributed by atoms with E-state index in [0.717, 1.165) is 17.3 Å². The first-order valence-corrected chi connectivity index (χ1v) is 17.8. The number of carbonyl (C=O) groups is 3. The molecule has 3 aliphatic heterocycles. The molecule has 11 nitrogen and oxygen atoms in total. The largest absolute Gasteiger partial charge is 0.459 e. The number of cyclic esters (lactones) is 1. The molecule has 47 heavy (non-hydrogen) atoms. The van der Waals surface area contributed by atoms with Crippen molar-refractivity contribution in [3.05, 3.63) is 11.0 Å². The summed E-state index contributed by atoms with van der Waals surface area (Å²) in [6.07, 6.45) is -3.86. The van der Waals surface area contributed by atoms with Crippen LogP contribution < -0.4 is 0 Å². The van der Waals surface area contributed by atoms with Crippen LogP contribution in [0.4, 0.5) is 0 Å². The van der Waals surface area contributed by atoms with Gasteiger partial charge in [-0.2, -0.15) is 0 Å². The number of carbonyl (C=O) groups excluding carboxylic acids is 3. The Morgan fingerprint density at radius 2 is 1.72 bits per heavy atom. The molecular weight excluding hydrogens is 626 g/mol. The number of nitrogens with zero attached hydrogens (tertiary/aromatic N) is 1. The van der Waals surface area contributed by atoms with Gasteiger partial charge in [0, 0.05) is 43.7 Å². The number of fused-ring (bicyclic) bond motifs is 1. The third kappa shape index (κ3) is 8.51. The highest BCUT2D eigenvalue weighted by Gasteiger charge is 2.56. The molecule has 0 aromatic rings. The minimum absolute atomic E-state index is 0.0393. The van der Waals surface area contributed by atoms with Gasteiger partial charge in [-0.15, -0.1) is 0 Å². The highest BCUT2D eigenvalue weighted by molar-refractivity contribution is 8.16. The quantitative estimate of drug-likeness (QED) is 0.391. The van der Waals surface area contributed by atoms with Crippen molar-refractivity contribution in [3.8, 4) is 0 Å². The van der Waals surface area contributed by atoms with Crippen LogP contribution in [0.2, 0.25) is 0 Å². The molecule has 14 atom stereocenters. The molecule has 3 heterocycles. The average Bonchev–Trinajstić information content (AvgIpc) is 3.36. The molecule has 1 unspecified atom stereocenters. The Balaban J connectivity index is 2.13. The molecule has 0 radical (unpaired) electrons. The van der Waals surface area contributed by atoms with E-state index in [1.807, 2.05) is 60.5 Å². The first kappa shape index (κ1) is 40.1. The van der Waals surface area contributed by atoms with Gasteiger partial charge in [0.25, 0.3) is 0 Å². The Bertz CT molecular complexity index is 1150. The van der Waals surface area contributed by atoms with Gasteiger partial charge in [0.15, 0.2) is 11.4 Å². The lowest BCUT2D eigenvalue weighted by atomic mass is 9.69. The predicted molar refractivity (Wildman–Crippen MR) is 179 cm³/mol. The van der Waals surface area contributed by atoms with Crippen molar-refractivity contribution in [1.82, 2.24) is 4.90 Å². The third-order valence-electron chi connectivity index (χ3n) is 10.9. The normalized spacial score (nSPS) is 45.0. The monoisotopic (exact) mass is 685 g/mol. The van der Waals surface area contributed by atoms with Crippen molar-refractivity contribution >= 4 is 28.6 Å². The number of likely N-dealkylation sites (N-methyl/N-ethyl adjacent to an activating group) is 1. The van der Waals surface area contributed by atoms with Crippen LogP contribution in [0, 0.1) is 29.6 Å². The van der Waals surface area contributed by atoms with E-state index in [1.54, 1.807) is 19.3 Å². The van der Waals surface area contributed by atoms with E-state index in [4.69, 9.17) is 23.7 Å². The Kier molecular flexibility index (Phi) is 13.7. The fourth-order valence-electron chi connectivity index (χ4n) is 8.05. The molecule has 3 saturated heterocycles. The standard InChI is InChI=1S/C35H59NO10S/c1-13-26-35(9)27(24(16-43-35)17-47-23(7)37)20(4)28(38)18(2)15-34(8,42-12)31(21(5)29(39)22(6)32(41)45-26)46-33-30(40)25(36(10)11)14-19(3)44-33/h17-22,25-27,29-31,33,39-40H,13-16H2,1-12H3/b24-17+/t18-,19-,20?,21+,22-,25+,26-,27-,29+,30-,31-,33+,34-,35-/m1/s1. The summed E-state index contributed by atoms with van der Waals surface area (Å²) in [5.41, 5.74) is -1.40. The second kappa shape index (κ2) is 16.1. The van der Waals surface area contributed by atoms with E-state index in [-0.39, 0.29) is 36.1 Å². The van der Waals surface area contributed by atoms with E-state index in [0.29, 0.717) is 12.8 Å². The summed E-state index contributed by atoms with van der Waals surface area (Å²) in [4.78, 5) is 42.0. The minimum atomic E-state index is -1.23. The minimum Gasteiger partial charge on any atom is -0.459 e. The van der Waals surface area contributed by atoms with Gasteiger partial charge in [0.05, 0.1) is 36.4 Å². The summed E-state index contributed by atoms with van der Waals surface area (Å²) in [5.74, 6) is -3.86. The number of aliphatic hydroxyl groups is 2. The van der Waals surface area contributed by atoms with Gasteiger partial charge < -0.3 is 38.8 Å². The lowest BCUT2D eigenvalue weighted by molar-refractivity contribution is -0.301. The summed E-state index contributed by atoms with van der Waals surface area (Å²) in [6, 6.07) is -0.233. The van der Waals surface area contributed by atoms with Crippen molar-refractivity contribution in [2.45, 2.75) is 136 Å². The van der Waals surface area contributed by atoms with Crippen molar-refractivity contribution in [2.75, 3.05) is 27.8 Å². The maximum absolute atomic E-state index is 14.4. The van der Waals surface area contributed by atoms with E-state index >= 15 is 0 Å². The van der Waals surface area contributed by atoms with Gasteiger partial charge in [0.2, 0.25) is 0 Å². The van der Waals surface area contributed by atoms with Crippen LogP contribution in [-0.2, 0) is 38.1 Å². The van der Waals surface area contributed by atoms with Gasteiger partial charge in [-0.05, 0) is 72.0 Å². The molecule has 0 amide bonds. The lowest BCUT2D eigenvalue weighted by Crippen LogP contribution is -2.60. The number of ether oxygens (including phenoxy) is 5. The van der Waals surface area contributed by atoms with Gasteiger partial charge in [0.1, 0.15) is 23.6 Å². The van der Waals surface area contributed by atoms with Crippen LogP contribution in [0.5, 0.6) is 0 Å². The number of Topliss-reactive ketones (excluding diaryl/α,β-unsaturated/α-hetero) is 1. The lowest BCUT2D eigenvalue weighted by Gasteiger charge is -2.48. The number of aliphatic hydroxyl groups excluding tert-OH is 2. The van der Waals surface area contributed by atoms with Crippen molar-refractivity contribution < 1.29 is 48.3 Å². The summed E-state index contributed by atoms with van der Waals surface area (Å²) in [6.45, 7) is 16.3. The predicted octanol–water partition coefficient (Wildman–Crippen LogP) is 3.97. The van der Waals surface area contributed by atoms with Crippen LogP contribution >= 0.6 is 11.8 Å². The SMILES string of the molecule is CC[C@H]1OC(=O)[C@H](C)[C@@H](O)[C@H](C)[C@@H](O[C@@H]2O[C@H](C)C[C@H](N(C)C)[C@H]2O)[C@](C)(OC)C[C@@H](C)C(=O)C(C)[C@@H]2/C(=C/SC(C)=O)CO[C@]12C. The number of thioether (sulfide) groups is 1. The van der Waals surface area contributed by atoms with Crippen LogP contribution in [0.1, 0.15) is 81.6 Å². The Morgan fingerprint density at radius 3 is 2.28 bits per heavy atom. The zero-order valence-electron chi connectivity index (χ0n) is 30.3. The van der Waals surface area contributed by atoms with Crippen LogP contribution in [0.15, 0.2) is 11.0 Å². The Morgan fingerprint density at radius 1 is 1.09 bits per heavy atom. The van der Waals surface area contributed by atoms with Gasteiger partial charge in [-0.1, -0.05) is 39.5 Å². The molecule has 3 rings (SSSR count). The molecule has 3 aliphatic rings. The average molecular weight is 686 g/mol. The second-order valence-electron chi connectivity index (χ2n) is 14.7.